The Hall–Kier alpha value is -2.56. The van der Waals surface area contributed by atoms with Crippen LogP contribution in [0.15, 0.2) is 47.5 Å². The molecule has 0 radical (unpaired) electrons. The van der Waals surface area contributed by atoms with E-state index in [9.17, 15) is 18.5 Å². The first-order chi connectivity index (χ1) is 12.4. The van der Waals surface area contributed by atoms with Crippen molar-refractivity contribution in [1.29, 1.82) is 0 Å². The number of nitro groups is 1. The molecule has 1 aliphatic rings. The van der Waals surface area contributed by atoms with Gasteiger partial charge >= 0.3 is 0 Å². The van der Waals surface area contributed by atoms with Crippen LogP contribution in [-0.2, 0) is 10.0 Å². The van der Waals surface area contributed by atoms with Gasteiger partial charge in [0, 0.05) is 50.2 Å². The fourth-order valence-corrected chi connectivity index (χ4v) is 4.00. The zero-order valence-electron chi connectivity index (χ0n) is 14.2. The Morgan fingerprint density at radius 3 is 2.50 bits per heavy atom. The third-order valence-electron chi connectivity index (χ3n) is 4.17. The van der Waals surface area contributed by atoms with Gasteiger partial charge in [0.25, 0.3) is 5.69 Å². The van der Waals surface area contributed by atoms with Gasteiger partial charge in [0.1, 0.15) is 10.7 Å². The number of hydrogen-bond acceptors (Lipinski definition) is 7. The van der Waals surface area contributed by atoms with E-state index in [2.05, 4.69) is 15.2 Å². The summed E-state index contributed by atoms with van der Waals surface area (Å²) in [5.41, 5.74) is 0.464. The van der Waals surface area contributed by atoms with Gasteiger partial charge in [-0.15, -0.1) is 0 Å². The van der Waals surface area contributed by atoms with Crippen molar-refractivity contribution in [1.82, 2.24) is 14.2 Å². The maximum atomic E-state index is 12.7. The average molecular weight is 377 g/mol. The smallest absolute Gasteiger partial charge is 0.271 e. The molecule has 10 heteroatoms. The van der Waals surface area contributed by atoms with E-state index in [-0.39, 0.29) is 10.6 Å². The number of nitrogens with one attached hydrogen (secondary N) is 1. The molecule has 0 bridgehead atoms. The summed E-state index contributed by atoms with van der Waals surface area (Å²) in [5, 5.41) is 13.8. The van der Waals surface area contributed by atoms with Crippen LogP contribution in [0.4, 0.5) is 17.2 Å². The summed E-state index contributed by atoms with van der Waals surface area (Å²) in [5.74, 6) is 0.405. The van der Waals surface area contributed by atoms with Crippen LogP contribution in [0.3, 0.4) is 0 Å². The third kappa shape index (κ3) is 3.98. The predicted molar refractivity (Wildman–Crippen MR) is 96.9 cm³/mol. The number of likely N-dealkylation sites (N-methyl/N-ethyl adjacent to an activating group) is 1. The number of nitrogens with zero attached hydrogens (tertiary/aromatic N) is 4. The van der Waals surface area contributed by atoms with Gasteiger partial charge in [0.2, 0.25) is 10.0 Å². The summed E-state index contributed by atoms with van der Waals surface area (Å²) in [7, 11) is -1.61. The highest BCUT2D eigenvalue weighted by atomic mass is 32.2. The highest BCUT2D eigenvalue weighted by Gasteiger charge is 2.27. The third-order valence-corrected chi connectivity index (χ3v) is 6.05. The van der Waals surface area contributed by atoms with Crippen molar-refractivity contribution in [3.63, 3.8) is 0 Å². The molecule has 1 fully saturated rings. The van der Waals surface area contributed by atoms with E-state index >= 15 is 0 Å². The molecule has 0 spiro atoms. The molecular weight excluding hydrogens is 358 g/mol. The van der Waals surface area contributed by atoms with E-state index in [1.807, 2.05) is 7.05 Å². The summed E-state index contributed by atoms with van der Waals surface area (Å²) in [6, 6.07) is 9.04. The first-order valence-electron chi connectivity index (χ1n) is 8.02. The highest BCUT2D eigenvalue weighted by molar-refractivity contribution is 7.89. The second kappa shape index (κ2) is 7.36. The largest absolute Gasteiger partial charge is 0.340 e. The number of benzene rings is 1. The van der Waals surface area contributed by atoms with E-state index in [1.54, 1.807) is 18.2 Å². The molecule has 0 amide bonds. The second-order valence-corrected chi connectivity index (χ2v) is 7.96. The van der Waals surface area contributed by atoms with Gasteiger partial charge in [-0.2, -0.15) is 4.31 Å². The van der Waals surface area contributed by atoms with E-state index in [0.717, 1.165) is 0 Å². The lowest BCUT2D eigenvalue weighted by Crippen LogP contribution is -2.47. The van der Waals surface area contributed by atoms with Gasteiger partial charge in [-0.05, 0) is 25.2 Å². The molecule has 9 nitrogen and oxygen atoms in total. The van der Waals surface area contributed by atoms with Gasteiger partial charge in [-0.3, -0.25) is 10.1 Å². The molecule has 1 aromatic heterocycles. The predicted octanol–water partition coefficient (Wildman–Crippen LogP) is 1.67. The molecule has 0 aliphatic carbocycles. The molecule has 26 heavy (non-hydrogen) atoms. The van der Waals surface area contributed by atoms with Crippen molar-refractivity contribution >= 4 is 27.2 Å². The van der Waals surface area contributed by atoms with Crippen molar-refractivity contribution in [2.45, 2.75) is 4.90 Å². The van der Waals surface area contributed by atoms with Crippen LogP contribution in [0.1, 0.15) is 0 Å². The van der Waals surface area contributed by atoms with Crippen LogP contribution in [-0.4, -0.2) is 60.8 Å². The number of hydrogen-bond donors (Lipinski definition) is 1. The lowest BCUT2D eigenvalue weighted by molar-refractivity contribution is -0.384. The summed E-state index contributed by atoms with van der Waals surface area (Å²) in [4.78, 5) is 16.7. The molecule has 2 aromatic rings. The summed E-state index contributed by atoms with van der Waals surface area (Å²) < 4.78 is 26.8. The SMILES string of the molecule is CN1CCN(S(=O)(=O)c2ccc(Nc3cccc([N+](=O)[O-])c3)nc2)CC1. The molecule has 2 heterocycles. The van der Waals surface area contributed by atoms with Crippen LogP contribution < -0.4 is 5.32 Å². The van der Waals surface area contributed by atoms with Crippen LogP contribution in [0, 0.1) is 10.1 Å². The van der Waals surface area contributed by atoms with Crippen molar-refractivity contribution in [3.8, 4) is 0 Å². The monoisotopic (exact) mass is 377 g/mol. The standard InChI is InChI=1S/C16H19N5O4S/c1-19-7-9-20(10-8-19)26(24,25)15-5-6-16(17-12-15)18-13-3-2-4-14(11-13)21(22)23/h2-6,11-12H,7-10H2,1H3,(H,17,18). The molecular formula is C16H19N5O4S. The summed E-state index contributed by atoms with van der Waals surface area (Å²) in [6.07, 6.45) is 1.30. The zero-order chi connectivity index (χ0) is 18.7. The molecule has 1 N–H and O–H groups in total. The molecule has 1 saturated heterocycles. The number of non-ortho nitro benzene ring substituents is 1. The van der Waals surface area contributed by atoms with Crippen molar-refractivity contribution in [2.24, 2.45) is 0 Å². The number of nitro benzene ring substituents is 1. The maximum absolute atomic E-state index is 12.7. The maximum Gasteiger partial charge on any atom is 0.271 e. The zero-order valence-corrected chi connectivity index (χ0v) is 15.0. The molecule has 0 atom stereocenters. The minimum absolute atomic E-state index is 0.0377. The van der Waals surface area contributed by atoms with Crippen molar-refractivity contribution < 1.29 is 13.3 Å². The molecule has 1 aliphatic heterocycles. The Balaban J connectivity index is 1.74. The first kappa shape index (κ1) is 18.2. The van der Waals surface area contributed by atoms with Gasteiger partial charge < -0.3 is 10.2 Å². The molecule has 1 aromatic carbocycles. The highest BCUT2D eigenvalue weighted by Crippen LogP contribution is 2.22. The topological polar surface area (TPSA) is 109 Å². The second-order valence-electron chi connectivity index (χ2n) is 6.02. The van der Waals surface area contributed by atoms with Crippen LogP contribution in [0.5, 0.6) is 0 Å². The summed E-state index contributed by atoms with van der Waals surface area (Å²) in [6.45, 7) is 2.29. The Kier molecular flexibility index (Phi) is 5.16. The molecule has 138 valence electrons. The summed E-state index contributed by atoms with van der Waals surface area (Å²) >= 11 is 0. The minimum Gasteiger partial charge on any atom is -0.340 e. The van der Waals surface area contributed by atoms with Crippen LogP contribution in [0.2, 0.25) is 0 Å². The van der Waals surface area contributed by atoms with E-state index in [0.29, 0.717) is 37.7 Å². The minimum atomic E-state index is -3.57. The normalized spacial score (nSPS) is 16.3. The van der Waals surface area contributed by atoms with Crippen LogP contribution in [0.25, 0.3) is 0 Å². The fraction of sp³-hybridized carbons (Fsp3) is 0.312. The number of rotatable bonds is 5. The Bertz CT molecular complexity index is 893. The van der Waals surface area contributed by atoms with E-state index in [4.69, 9.17) is 0 Å². The van der Waals surface area contributed by atoms with Gasteiger partial charge in [-0.25, -0.2) is 13.4 Å². The first-order valence-corrected chi connectivity index (χ1v) is 9.46. The molecule has 0 saturated carbocycles. The fourth-order valence-electron chi connectivity index (χ4n) is 2.63. The van der Waals surface area contributed by atoms with Gasteiger partial charge in [0.15, 0.2) is 0 Å². The Morgan fingerprint density at radius 2 is 1.88 bits per heavy atom. The Morgan fingerprint density at radius 1 is 1.15 bits per heavy atom. The van der Waals surface area contributed by atoms with E-state index in [1.165, 1.54) is 28.7 Å². The van der Waals surface area contributed by atoms with Gasteiger partial charge in [0.05, 0.1) is 4.92 Å². The van der Waals surface area contributed by atoms with Crippen molar-refractivity contribution in [2.75, 3.05) is 38.5 Å². The molecule has 0 unspecified atom stereocenters. The quantitative estimate of drug-likeness (QED) is 0.623. The average Bonchev–Trinajstić information content (AvgIpc) is 2.63. The van der Waals surface area contributed by atoms with E-state index < -0.39 is 14.9 Å². The lowest BCUT2D eigenvalue weighted by atomic mass is 10.3. The lowest BCUT2D eigenvalue weighted by Gasteiger charge is -2.31. The number of sulfonamides is 1. The number of pyridine rings is 1. The molecule has 3 rings (SSSR count). The number of anilines is 2. The number of piperazine rings is 1. The van der Waals surface area contributed by atoms with Gasteiger partial charge in [-0.1, -0.05) is 6.07 Å². The Labute approximate surface area is 151 Å². The van der Waals surface area contributed by atoms with Crippen LogP contribution >= 0.6 is 0 Å². The number of aromatic nitrogens is 1. The van der Waals surface area contributed by atoms with Crippen molar-refractivity contribution in [3.05, 3.63) is 52.7 Å².